The van der Waals surface area contributed by atoms with Crippen molar-refractivity contribution in [1.82, 2.24) is 4.90 Å². The van der Waals surface area contributed by atoms with Crippen molar-refractivity contribution in [3.8, 4) is 0 Å². The van der Waals surface area contributed by atoms with Gasteiger partial charge >= 0.3 is 0 Å². The minimum absolute atomic E-state index is 0.0324. The zero-order valence-electron chi connectivity index (χ0n) is 10.2. The molecule has 0 unspecified atom stereocenters. The number of halogens is 1. The van der Waals surface area contributed by atoms with Crippen LogP contribution in [0.2, 0.25) is 5.02 Å². The summed E-state index contributed by atoms with van der Waals surface area (Å²) in [5.41, 5.74) is 6.77. The summed E-state index contributed by atoms with van der Waals surface area (Å²) in [6.07, 6.45) is 0. The van der Waals surface area contributed by atoms with E-state index in [4.69, 9.17) is 17.3 Å². The maximum absolute atomic E-state index is 11.4. The molecule has 0 spiro atoms. The third kappa shape index (κ3) is 4.22. The number of benzene rings is 1. The minimum atomic E-state index is -0.0324. The predicted octanol–water partition coefficient (Wildman–Crippen LogP) is 2.54. The molecule has 1 rings (SSSR count). The van der Waals surface area contributed by atoms with E-state index in [1.54, 1.807) is 19.0 Å². The lowest BCUT2D eigenvalue weighted by Crippen LogP contribution is -2.23. The lowest BCUT2D eigenvalue weighted by Gasteiger charge is -2.11. The molecule has 17 heavy (non-hydrogen) atoms. The molecule has 0 radical (unpaired) electrons. The van der Waals surface area contributed by atoms with E-state index >= 15 is 0 Å². The van der Waals surface area contributed by atoms with Crippen molar-refractivity contribution in [3.05, 3.63) is 28.8 Å². The highest BCUT2D eigenvalue weighted by Crippen LogP contribution is 2.29. The molecule has 1 aromatic rings. The lowest BCUT2D eigenvalue weighted by atomic mass is 10.1. The second-order valence-electron chi connectivity index (χ2n) is 4.06. The number of hydrogen-bond acceptors (Lipinski definition) is 3. The number of hydrogen-bond donors (Lipinski definition) is 1. The fourth-order valence-electron chi connectivity index (χ4n) is 1.19. The third-order valence-corrected chi connectivity index (χ3v) is 3.81. The molecule has 2 N–H and O–H groups in total. The van der Waals surface area contributed by atoms with Gasteiger partial charge in [0, 0.05) is 25.0 Å². The van der Waals surface area contributed by atoms with Gasteiger partial charge < -0.3 is 10.6 Å². The summed E-state index contributed by atoms with van der Waals surface area (Å²) in [4.78, 5) is 13.9. The Morgan fingerprint density at radius 1 is 1.53 bits per heavy atom. The van der Waals surface area contributed by atoms with Crippen LogP contribution in [0.5, 0.6) is 0 Å². The Balaban J connectivity index is 2.70. The SMILES string of the molecule is C[C@H](N)c1ccc(SCC(=O)N(C)C)c(Cl)c1. The Morgan fingerprint density at radius 2 is 2.18 bits per heavy atom. The van der Waals surface area contributed by atoms with Crippen molar-refractivity contribution < 1.29 is 4.79 Å². The quantitative estimate of drug-likeness (QED) is 0.857. The Bertz CT molecular complexity index is 407. The van der Waals surface area contributed by atoms with Crippen molar-refractivity contribution in [3.63, 3.8) is 0 Å². The molecule has 0 aliphatic carbocycles. The minimum Gasteiger partial charge on any atom is -0.348 e. The molecule has 5 heteroatoms. The molecule has 0 aliphatic heterocycles. The fraction of sp³-hybridized carbons (Fsp3) is 0.417. The van der Waals surface area contributed by atoms with Gasteiger partial charge in [-0.25, -0.2) is 0 Å². The lowest BCUT2D eigenvalue weighted by molar-refractivity contribution is -0.125. The second kappa shape index (κ2) is 6.28. The van der Waals surface area contributed by atoms with Gasteiger partial charge in [-0.15, -0.1) is 11.8 Å². The van der Waals surface area contributed by atoms with Crippen molar-refractivity contribution in [1.29, 1.82) is 0 Å². The van der Waals surface area contributed by atoms with E-state index in [0.29, 0.717) is 10.8 Å². The average molecular weight is 273 g/mol. The number of thioether (sulfide) groups is 1. The number of carbonyl (C=O) groups is 1. The predicted molar refractivity (Wildman–Crippen MR) is 73.5 cm³/mol. The molecule has 0 fully saturated rings. The summed E-state index contributed by atoms with van der Waals surface area (Å²) in [6, 6.07) is 5.68. The molecule has 0 aromatic heterocycles. The fourth-order valence-corrected chi connectivity index (χ4v) is 2.44. The van der Waals surface area contributed by atoms with Crippen LogP contribution in [0.25, 0.3) is 0 Å². The first-order valence-electron chi connectivity index (χ1n) is 5.29. The van der Waals surface area contributed by atoms with Gasteiger partial charge in [-0.05, 0) is 24.6 Å². The number of amides is 1. The second-order valence-corrected chi connectivity index (χ2v) is 5.48. The van der Waals surface area contributed by atoms with Gasteiger partial charge in [0.05, 0.1) is 10.8 Å². The molecule has 0 heterocycles. The molecule has 0 bridgehead atoms. The summed E-state index contributed by atoms with van der Waals surface area (Å²) < 4.78 is 0. The molecule has 0 saturated carbocycles. The maximum atomic E-state index is 11.4. The Labute approximate surface area is 111 Å². The first-order chi connectivity index (χ1) is 7.91. The van der Waals surface area contributed by atoms with Gasteiger partial charge in [0.25, 0.3) is 0 Å². The average Bonchev–Trinajstić information content (AvgIpc) is 2.26. The molecular formula is C12H17ClN2OS. The van der Waals surface area contributed by atoms with Crippen LogP contribution in [0.4, 0.5) is 0 Å². The Hall–Kier alpha value is -0.710. The van der Waals surface area contributed by atoms with Gasteiger partial charge in [0.1, 0.15) is 0 Å². The number of nitrogens with zero attached hydrogens (tertiary/aromatic N) is 1. The monoisotopic (exact) mass is 272 g/mol. The molecule has 0 aliphatic rings. The van der Waals surface area contributed by atoms with Gasteiger partial charge in [-0.3, -0.25) is 4.79 Å². The topological polar surface area (TPSA) is 46.3 Å². The summed E-state index contributed by atoms with van der Waals surface area (Å²) in [6.45, 7) is 1.91. The Kier molecular flexibility index (Phi) is 5.31. The van der Waals surface area contributed by atoms with E-state index in [0.717, 1.165) is 10.5 Å². The van der Waals surface area contributed by atoms with Gasteiger partial charge in [0.15, 0.2) is 0 Å². The van der Waals surface area contributed by atoms with Crippen LogP contribution in [0.1, 0.15) is 18.5 Å². The molecule has 3 nitrogen and oxygen atoms in total. The molecule has 0 saturated heterocycles. The highest BCUT2D eigenvalue weighted by Gasteiger charge is 2.09. The summed E-state index contributed by atoms with van der Waals surface area (Å²) in [5.74, 6) is 0.465. The third-order valence-electron chi connectivity index (χ3n) is 2.33. The van der Waals surface area contributed by atoms with Crippen LogP contribution >= 0.6 is 23.4 Å². The number of rotatable bonds is 4. The number of nitrogens with two attached hydrogens (primary N) is 1. The summed E-state index contributed by atoms with van der Waals surface area (Å²) >= 11 is 7.58. The normalized spacial score (nSPS) is 12.3. The zero-order chi connectivity index (χ0) is 13.0. The Morgan fingerprint density at radius 3 is 2.65 bits per heavy atom. The first kappa shape index (κ1) is 14.4. The van der Waals surface area contributed by atoms with E-state index in [9.17, 15) is 4.79 Å². The van der Waals surface area contributed by atoms with E-state index in [1.165, 1.54) is 11.8 Å². The highest BCUT2D eigenvalue weighted by atomic mass is 35.5. The van der Waals surface area contributed by atoms with Gasteiger partial charge in [-0.2, -0.15) is 0 Å². The van der Waals surface area contributed by atoms with Crippen LogP contribution < -0.4 is 5.73 Å². The molecule has 94 valence electrons. The standard InChI is InChI=1S/C12H17ClN2OS/c1-8(14)9-4-5-11(10(13)6-9)17-7-12(16)15(2)3/h4-6,8H,7,14H2,1-3H3/t8-/m0/s1. The van der Waals surface area contributed by atoms with Crippen LogP contribution in [-0.4, -0.2) is 30.7 Å². The largest absolute Gasteiger partial charge is 0.348 e. The van der Waals surface area contributed by atoms with Gasteiger partial charge in [0.2, 0.25) is 5.91 Å². The van der Waals surface area contributed by atoms with Crippen LogP contribution in [0, 0.1) is 0 Å². The highest BCUT2D eigenvalue weighted by molar-refractivity contribution is 8.00. The van der Waals surface area contributed by atoms with Crippen molar-refractivity contribution in [2.24, 2.45) is 5.73 Å². The van der Waals surface area contributed by atoms with E-state index in [-0.39, 0.29) is 11.9 Å². The van der Waals surface area contributed by atoms with Crippen molar-refractivity contribution >= 4 is 29.3 Å². The zero-order valence-corrected chi connectivity index (χ0v) is 11.8. The van der Waals surface area contributed by atoms with E-state index < -0.39 is 0 Å². The number of carbonyl (C=O) groups excluding carboxylic acids is 1. The first-order valence-corrected chi connectivity index (χ1v) is 6.66. The summed E-state index contributed by atoms with van der Waals surface area (Å²) in [7, 11) is 3.48. The van der Waals surface area contributed by atoms with Crippen molar-refractivity contribution in [2.75, 3.05) is 19.8 Å². The molecule has 1 atom stereocenters. The van der Waals surface area contributed by atoms with Crippen LogP contribution in [0.3, 0.4) is 0 Å². The van der Waals surface area contributed by atoms with E-state index in [2.05, 4.69) is 0 Å². The molecule has 1 amide bonds. The van der Waals surface area contributed by atoms with E-state index in [1.807, 2.05) is 25.1 Å². The molecular weight excluding hydrogens is 256 g/mol. The van der Waals surface area contributed by atoms with Crippen LogP contribution in [-0.2, 0) is 4.79 Å². The van der Waals surface area contributed by atoms with Gasteiger partial charge in [-0.1, -0.05) is 17.7 Å². The van der Waals surface area contributed by atoms with Crippen molar-refractivity contribution in [2.45, 2.75) is 17.9 Å². The maximum Gasteiger partial charge on any atom is 0.232 e. The smallest absolute Gasteiger partial charge is 0.232 e. The van der Waals surface area contributed by atoms with Crippen LogP contribution in [0.15, 0.2) is 23.1 Å². The molecule has 1 aromatic carbocycles. The summed E-state index contributed by atoms with van der Waals surface area (Å²) in [5, 5.41) is 0.649.